The van der Waals surface area contributed by atoms with Crippen molar-refractivity contribution in [2.45, 2.75) is 6.92 Å². The van der Waals surface area contributed by atoms with Gasteiger partial charge in [0.25, 0.3) is 0 Å². The predicted octanol–water partition coefficient (Wildman–Crippen LogP) is 4.46. The maximum Gasteiger partial charge on any atom is 0.150 e. The molecule has 0 N–H and O–H groups in total. The Morgan fingerprint density at radius 3 is 2.28 bits per heavy atom. The van der Waals surface area contributed by atoms with Crippen LogP contribution in [0.5, 0.6) is 0 Å². The number of hydrogen-bond donors (Lipinski definition) is 0. The van der Waals surface area contributed by atoms with Crippen LogP contribution in [0.25, 0.3) is 27.8 Å². The molecule has 0 aliphatic heterocycles. The molecule has 0 atom stereocenters. The van der Waals surface area contributed by atoms with Crippen molar-refractivity contribution < 1.29 is 0 Å². The summed E-state index contributed by atoms with van der Waals surface area (Å²) in [7, 11) is 4.03. The fourth-order valence-corrected chi connectivity index (χ4v) is 3.12. The molecule has 0 aliphatic rings. The quantitative estimate of drug-likeness (QED) is 0.557. The zero-order valence-corrected chi connectivity index (χ0v) is 14.6. The minimum absolute atomic E-state index is 0.918. The first-order valence-corrected chi connectivity index (χ1v) is 8.31. The summed E-state index contributed by atoms with van der Waals surface area (Å²) < 4.78 is 2.14. The first kappa shape index (κ1) is 15.4. The van der Waals surface area contributed by atoms with Crippen molar-refractivity contribution in [3.8, 4) is 16.8 Å². The number of hydrogen-bond acceptors (Lipinski definition) is 3. The van der Waals surface area contributed by atoms with Crippen LogP contribution in [0.4, 0.5) is 5.82 Å². The standard InChI is InChI=1S/C21H20N4/c1-15-9-11-17(12-10-15)25-13-18(16-7-5-4-6-8-16)19-20(24(2)3)22-14-23-21(19)25/h4-14H,1-3H3. The number of anilines is 1. The van der Waals surface area contributed by atoms with Crippen LogP contribution in [0.15, 0.2) is 67.1 Å². The lowest BCUT2D eigenvalue weighted by atomic mass is 10.1. The molecule has 2 aromatic heterocycles. The molecular formula is C21H20N4. The largest absolute Gasteiger partial charge is 0.362 e. The Morgan fingerprint density at radius 1 is 0.880 bits per heavy atom. The first-order valence-electron chi connectivity index (χ1n) is 8.31. The van der Waals surface area contributed by atoms with Gasteiger partial charge in [-0.25, -0.2) is 9.97 Å². The molecule has 4 heteroatoms. The van der Waals surface area contributed by atoms with E-state index in [2.05, 4.69) is 76.2 Å². The lowest BCUT2D eigenvalue weighted by Crippen LogP contribution is -2.11. The number of nitrogens with zero attached hydrogens (tertiary/aromatic N) is 4. The number of fused-ring (bicyclic) bond motifs is 1. The number of aryl methyl sites for hydroxylation is 1. The maximum absolute atomic E-state index is 4.59. The van der Waals surface area contributed by atoms with Crippen LogP contribution in [0.3, 0.4) is 0 Å². The van der Waals surface area contributed by atoms with Crippen molar-refractivity contribution in [1.82, 2.24) is 14.5 Å². The third-order valence-electron chi connectivity index (χ3n) is 4.38. The summed E-state index contributed by atoms with van der Waals surface area (Å²) in [6.07, 6.45) is 3.80. The van der Waals surface area contributed by atoms with Crippen LogP contribution in [0, 0.1) is 6.92 Å². The lowest BCUT2D eigenvalue weighted by molar-refractivity contribution is 1.04. The van der Waals surface area contributed by atoms with Gasteiger partial charge >= 0.3 is 0 Å². The molecule has 0 unspecified atom stereocenters. The Kier molecular flexibility index (Phi) is 3.73. The molecule has 0 bridgehead atoms. The molecule has 0 fully saturated rings. The molecule has 4 rings (SSSR count). The van der Waals surface area contributed by atoms with Gasteiger partial charge in [-0.2, -0.15) is 0 Å². The van der Waals surface area contributed by atoms with Crippen molar-refractivity contribution in [3.63, 3.8) is 0 Å². The average molecular weight is 328 g/mol. The molecule has 2 aromatic carbocycles. The molecule has 124 valence electrons. The average Bonchev–Trinajstić information content (AvgIpc) is 3.03. The van der Waals surface area contributed by atoms with E-state index in [1.807, 2.05) is 25.1 Å². The molecule has 0 aliphatic carbocycles. The first-order chi connectivity index (χ1) is 12.1. The van der Waals surface area contributed by atoms with Crippen molar-refractivity contribution >= 4 is 16.9 Å². The Bertz CT molecular complexity index is 1020. The summed E-state index contributed by atoms with van der Waals surface area (Å²) in [4.78, 5) is 11.1. The summed E-state index contributed by atoms with van der Waals surface area (Å²) in [5.74, 6) is 0.926. The summed E-state index contributed by atoms with van der Waals surface area (Å²) in [6.45, 7) is 2.10. The van der Waals surface area contributed by atoms with E-state index in [1.165, 1.54) is 5.56 Å². The molecule has 0 spiro atoms. The van der Waals surface area contributed by atoms with Crippen molar-refractivity contribution in [2.75, 3.05) is 19.0 Å². The highest BCUT2D eigenvalue weighted by molar-refractivity contribution is 6.02. The van der Waals surface area contributed by atoms with Gasteiger partial charge in [0.1, 0.15) is 12.1 Å². The second-order valence-corrected chi connectivity index (χ2v) is 6.40. The topological polar surface area (TPSA) is 34.0 Å². The zero-order chi connectivity index (χ0) is 17.4. The highest BCUT2D eigenvalue weighted by Gasteiger charge is 2.18. The molecule has 4 nitrogen and oxygen atoms in total. The van der Waals surface area contributed by atoms with Gasteiger partial charge in [0, 0.05) is 31.5 Å². The highest BCUT2D eigenvalue weighted by atomic mass is 15.2. The third-order valence-corrected chi connectivity index (χ3v) is 4.38. The van der Waals surface area contributed by atoms with E-state index in [0.29, 0.717) is 0 Å². The molecule has 0 amide bonds. The number of benzene rings is 2. The minimum atomic E-state index is 0.918. The van der Waals surface area contributed by atoms with E-state index in [9.17, 15) is 0 Å². The molecule has 2 heterocycles. The van der Waals surface area contributed by atoms with Crippen LogP contribution in [0.1, 0.15) is 5.56 Å². The fourth-order valence-electron chi connectivity index (χ4n) is 3.12. The number of aromatic nitrogens is 3. The van der Waals surface area contributed by atoms with Gasteiger partial charge in [-0.3, -0.25) is 0 Å². The molecule has 0 radical (unpaired) electrons. The van der Waals surface area contributed by atoms with E-state index < -0.39 is 0 Å². The van der Waals surface area contributed by atoms with Crippen LogP contribution < -0.4 is 4.90 Å². The highest BCUT2D eigenvalue weighted by Crippen LogP contribution is 2.35. The van der Waals surface area contributed by atoms with E-state index in [0.717, 1.165) is 33.7 Å². The van der Waals surface area contributed by atoms with Gasteiger partial charge in [-0.05, 0) is 24.6 Å². The van der Waals surface area contributed by atoms with Crippen molar-refractivity contribution in [3.05, 3.63) is 72.7 Å². The summed E-state index contributed by atoms with van der Waals surface area (Å²) in [5.41, 5.74) is 5.56. The van der Waals surface area contributed by atoms with Gasteiger partial charge < -0.3 is 9.47 Å². The van der Waals surface area contributed by atoms with Crippen LogP contribution in [0.2, 0.25) is 0 Å². The molecule has 0 saturated heterocycles. The third kappa shape index (κ3) is 2.66. The van der Waals surface area contributed by atoms with Crippen LogP contribution in [-0.4, -0.2) is 28.6 Å². The fraction of sp³-hybridized carbons (Fsp3) is 0.143. The molecule has 25 heavy (non-hydrogen) atoms. The summed E-state index contributed by atoms with van der Waals surface area (Å²) >= 11 is 0. The van der Waals surface area contributed by atoms with Crippen LogP contribution in [-0.2, 0) is 0 Å². The second-order valence-electron chi connectivity index (χ2n) is 6.40. The van der Waals surface area contributed by atoms with Crippen molar-refractivity contribution in [1.29, 1.82) is 0 Å². The monoisotopic (exact) mass is 328 g/mol. The zero-order valence-electron chi connectivity index (χ0n) is 14.6. The van der Waals surface area contributed by atoms with Gasteiger partial charge in [0.2, 0.25) is 0 Å². The maximum atomic E-state index is 4.59. The number of rotatable bonds is 3. The Labute approximate surface area is 147 Å². The summed E-state index contributed by atoms with van der Waals surface area (Å²) in [6, 6.07) is 18.9. The van der Waals surface area contributed by atoms with E-state index in [-0.39, 0.29) is 0 Å². The predicted molar refractivity (Wildman–Crippen MR) is 103 cm³/mol. The van der Waals surface area contributed by atoms with Gasteiger partial charge in [0.15, 0.2) is 5.65 Å². The van der Waals surface area contributed by atoms with Crippen molar-refractivity contribution in [2.24, 2.45) is 0 Å². The van der Waals surface area contributed by atoms with Gasteiger partial charge in [-0.15, -0.1) is 0 Å². The lowest BCUT2D eigenvalue weighted by Gasteiger charge is -2.13. The van der Waals surface area contributed by atoms with E-state index in [4.69, 9.17) is 0 Å². The Morgan fingerprint density at radius 2 is 1.60 bits per heavy atom. The minimum Gasteiger partial charge on any atom is -0.362 e. The Balaban J connectivity index is 2.06. The summed E-state index contributed by atoms with van der Waals surface area (Å²) in [5, 5.41) is 1.07. The normalized spacial score (nSPS) is 11.0. The van der Waals surface area contributed by atoms with Gasteiger partial charge in [0.05, 0.1) is 5.39 Å². The Hall–Kier alpha value is -3.14. The second kappa shape index (κ2) is 6.06. The van der Waals surface area contributed by atoms with Gasteiger partial charge in [-0.1, -0.05) is 48.0 Å². The smallest absolute Gasteiger partial charge is 0.150 e. The SMILES string of the molecule is Cc1ccc(-n2cc(-c3ccccc3)c3c(N(C)C)ncnc32)cc1. The van der Waals surface area contributed by atoms with Crippen LogP contribution >= 0.6 is 0 Å². The van der Waals surface area contributed by atoms with E-state index in [1.54, 1.807) is 6.33 Å². The molecule has 4 aromatic rings. The molecular weight excluding hydrogens is 308 g/mol. The van der Waals surface area contributed by atoms with E-state index >= 15 is 0 Å². The molecule has 0 saturated carbocycles.